The molecule has 2 amide bonds. The van der Waals surface area contributed by atoms with Crippen molar-refractivity contribution < 1.29 is 18.0 Å². The summed E-state index contributed by atoms with van der Waals surface area (Å²) < 4.78 is 23.3. The number of benzene rings is 2. The van der Waals surface area contributed by atoms with Gasteiger partial charge in [-0.2, -0.15) is 0 Å². The van der Waals surface area contributed by atoms with Gasteiger partial charge in [0.2, 0.25) is 5.91 Å². The molecule has 0 spiro atoms. The topological polar surface area (TPSA) is 92.3 Å². The molecule has 2 aromatic rings. The average Bonchev–Trinajstić information content (AvgIpc) is 3.16. The summed E-state index contributed by atoms with van der Waals surface area (Å²) in [7, 11) is -3.42. The summed E-state index contributed by atoms with van der Waals surface area (Å²) in [5.74, 6) is -0.305. The highest BCUT2D eigenvalue weighted by atomic mass is 35.5. The van der Waals surface area contributed by atoms with Crippen LogP contribution < -0.4 is 10.6 Å². The van der Waals surface area contributed by atoms with Crippen LogP contribution in [0.5, 0.6) is 0 Å². The van der Waals surface area contributed by atoms with Crippen LogP contribution in [0.1, 0.15) is 29.6 Å². The van der Waals surface area contributed by atoms with E-state index >= 15 is 0 Å². The van der Waals surface area contributed by atoms with Gasteiger partial charge < -0.3 is 10.6 Å². The number of rotatable bonds is 6. The first-order valence-electron chi connectivity index (χ1n) is 9.10. The third kappa shape index (κ3) is 5.68. The number of carbonyl (C=O) groups excluding carboxylic acids is 2. The Hall–Kier alpha value is -2.64. The number of allylic oxidation sites excluding steroid dienone is 2. The average molecular weight is 433 g/mol. The van der Waals surface area contributed by atoms with Gasteiger partial charge in [-0.05, 0) is 55.2 Å². The number of anilines is 2. The second-order valence-corrected chi connectivity index (χ2v) is 9.39. The van der Waals surface area contributed by atoms with E-state index in [0.717, 1.165) is 19.1 Å². The van der Waals surface area contributed by atoms with Crippen LogP contribution >= 0.6 is 11.6 Å². The minimum absolute atomic E-state index is 0.0615. The second-order valence-electron chi connectivity index (χ2n) is 6.97. The zero-order valence-corrected chi connectivity index (χ0v) is 17.4. The van der Waals surface area contributed by atoms with E-state index in [0.29, 0.717) is 17.8 Å². The summed E-state index contributed by atoms with van der Waals surface area (Å²) in [6.07, 6.45) is 7.63. The molecule has 2 aromatic carbocycles. The molecule has 1 unspecified atom stereocenters. The Labute approximate surface area is 174 Å². The van der Waals surface area contributed by atoms with Gasteiger partial charge >= 0.3 is 0 Å². The van der Waals surface area contributed by atoms with Crippen molar-refractivity contribution in [1.29, 1.82) is 0 Å². The molecule has 0 saturated heterocycles. The van der Waals surface area contributed by atoms with E-state index in [1.807, 2.05) is 0 Å². The van der Waals surface area contributed by atoms with Crippen LogP contribution in [0.15, 0.2) is 59.5 Å². The molecule has 1 atom stereocenters. The number of halogens is 1. The molecular formula is C21H21ClN2O4S. The number of amides is 2. The van der Waals surface area contributed by atoms with E-state index in [1.54, 1.807) is 18.2 Å². The SMILES string of the molecule is CS(=O)(=O)c1cccc(C(=O)Nc2ccc(NC(=O)CC3C=CCC3)cc2Cl)c1. The van der Waals surface area contributed by atoms with Crippen molar-refractivity contribution in [2.45, 2.75) is 24.2 Å². The van der Waals surface area contributed by atoms with Crippen molar-refractivity contribution >= 4 is 44.6 Å². The Kier molecular flexibility index (Phi) is 6.39. The molecule has 0 aliphatic heterocycles. The maximum Gasteiger partial charge on any atom is 0.255 e. The quantitative estimate of drug-likeness (QED) is 0.666. The molecule has 0 radical (unpaired) electrons. The van der Waals surface area contributed by atoms with Gasteiger partial charge in [-0.15, -0.1) is 0 Å². The highest BCUT2D eigenvalue weighted by molar-refractivity contribution is 7.90. The van der Waals surface area contributed by atoms with Crippen molar-refractivity contribution in [1.82, 2.24) is 0 Å². The highest BCUT2D eigenvalue weighted by Gasteiger charge is 2.16. The zero-order chi connectivity index (χ0) is 21.0. The summed E-state index contributed by atoms with van der Waals surface area (Å²) in [6.45, 7) is 0. The number of carbonyl (C=O) groups is 2. The van der Waals surface area contributed by atoms with E-state index in [9.17, 15) is 18.0 Å². The lowest BCUT2D eigenvalue weighted by Crippen LogP contribution is -2.15. The molecular weight excluding hydrogens is 412 g/mol. The highest BCUT2D eigenvalue weighted by Crippen LogP contribution is 2.27. The van der Waals surface area contributed by atoms with Gasteiger partial charge in [-0.3, -0.25) is 9.59 Å². The van der Waals surface area contributed by atoms with Crippen LogP contribution in [0.25, 0.3) is 0 Å². The fourth-order valence-electron chi connectivity index (χ4n) is 3.07. The molecule has 152 valence electrons. The normalized spacial score (nSPS) is 15.9. The fraction of sp³-hybridized carbons (Fsp3) is 0.238. The lowest BCUT2D eigenvalue weighted by atomic mass is 10.1. The van der Waals surface area contributed by atoms with E-state index in [1.165, 1.54) is 24.3 Å². The van der Waals surface area contributed by atoms with Crippen LogP contribution in [0.3, 0.4) is 0 Å². The van der Waals surface area contributed by atoms with Gasteiger partial charge in [0.1, 0.15) is 0 Å². The number of hydrogen-bond acceptors (Lipinski definition) is 4. The lowest BCUT2D eigenvalue weighted by Gasteiger charge is -2.12. The van der Waals surface area contributed by atoms with Crippen molar-refractivity contribution in [3.63, 3.8) is 0 Å². The van der Waals surface area contributed by atoms with E-state index in [2.05, 4.69) is 22.8 Å². The van der Waals surface area contributed by atoms with Crippen molar-refractivity contribution in [3.05, 3.63) is 65.2 Å². The maximum atomic E-state index is 12.5. The first-order chi connectivity index (χ1) is 13.7. The number of nitrogens with one attached hydrogen (secondary N) is 2. The maximum absolute atomic E-state index is 12.5. The smallest absolute Gasteiger partial charge is 0.255 e. The van der Waals surface area contributed by atoms with E-state index in [4.69, 9.17) is 11.6 Å². The molecule has 29 heavy (non-hydrogen) atoms. The summed E-state index contributed by atoms with van der Waals surface area (Å²) in [5.41, 5.74) is 1.10. The van der Waals surface area contributed by atoms with E-state index < -0.39 is 15.7 Å². The molecule has 0 aromatic heterocycles. The van der Waals surface area contributed by atoms with E-state index in [-0.39, 0.29) is 27.3 Å². The summed E-state index contributed by atoms with van der Waals surface area (Å²) in [5, 5.41) is 5.73. The fourth-order valence-corrected chi connectivity index (χ4v) is 3.97. The number of sulfone groups is 1. The Morgan fingerprint density at radius 1 is 1.14 bits per heavy atom. The van der Waals surface area contributed by atoms with Gasteiger partial charge in [-0.1, -0.05) is 29.8 Å². The molecule has 0 fully saturated rings. The van der Waals surface area contributed by atoms with Gasteiger partial charge in [0, 0.05) is 23.9 Å². The molecule has 0 saturated carbocycles. The Balaban J connectivity index is 1.66. The summed E-state index contributed by atoms with van der Waals surface area (Å²) >= 11 is 6.25. The third-order valence-corrected chi connectivity index (χ3v) is 6.01. The van der Waals surface area contributed by atoms with Crippen LogP contribution in [-0.4, -0.2) is 26.5 Å². The van der Waals surface area contributed by atoms with Crippen LogP contribution in [0.2, 0.25) is 5.02 Å². The van der Waals surface area contributed by atoms with Crippen LogP contribution in [-0.2, 0) is 14.6 Å². The van der Waals surface area contributed by atoms with Gasteiger partial charge in [0.15, 0.2) is 9.84 Å². The van der Waals surface area contributed by atoms with Crippen molar-refractivity contribution in [3.8, 4) is 0 Å². The molecule has 1 aliphatic carbocycles. The summed E-state index contributed by atoms with van der Waals surface area (Å²) in [6, 6.07) is 10.6. The van der Waals surface area contributed by atoms with Crippen molar-refractivity contribution in [2.75, 3.05) is 16.9 Å². The van der Waals surface area contributed by atoms with Gasteiger partial charge in [0.05, 0.1) is 15.6 Å². The van der Waals surface area contributed by atoms with Gasteiger partial charge in [-0.25, -0.2) is 8.42 Å². The first-order valence-corrected chi connectivity index (χ1v) is 11.4. The standard InChI is InChI=1S/C21H21ClN2O4S/c1-29(27,28)17-8-4-7-15(12-17)21(26)24-19-10-9-16(13-18(19)22)23-20(25)11-14-5-2-3-6-14/h2,4-5,7-10,12-14H,3,6,11H2,1H3,(H,23,25)(H,24,26). The number of hydrogen-bond donors (Lipinski definition) is 2. The lowest BCUT2D eigenvalue weighted by molar-refractivity contribution is -0.116. The summed E-state index contributed by atoms with van der Waals surface area (Å²) in [4.78, 5) is 24.7. The molecule has 2 N–H and O–H groups in total. The predicted octanol–water partition coefficient (Wildman–Crippen LogP) is 4.29. The minimum Gasteiger partial charge on any atom is -0.326 e. The largest absolute Gasteiger partial charge is 0.326 e. The molecule has 3 rings (SSSR count). The molecule has 0 heterocycles. The van der Waals surface area contributed by atoms with Crippen LogP contribution in [0.4, 0.5) is 11.4 Å². The molecule has 0 bridgehead atoms. The Morgan fingerprint density at radius 2 is 1.93 bits per heavy atom. The predicted molar refractivity (Wildman–Crippen MR) is 114 cm³/mol. The molecule has 8 heteroatoms. The van der Waals surface area contributed by atoms with Gasteiger partial charge in [0.25, 0.3) is 5.91 Å². The van der Waals surface area contributed by atoms with Crippen molar-refractivity contribution in [2.24, 2.45) is 5.92 Å². The zero-order valence-electron chi connectivity index (χ0n) is 15.8. The monoisotopic (exact) mass is 432 g/mol. The third-order valence-electron chi connectivity index (χ3n) is 4.59. The molecule has 1 aliphatic rings. The second kappa shape index (κ2) is 8.80. The minimum atomic E-state index is -3.42. The first kappa shape index (κ1) is 21.1. The van der Waals surface area contributed by atoms with Crippen LogP contribution in [0, 0.1) is 5.92 Å². The Morgan fingerprint density at radius 3 is 2.59 bits per heavy atom. The molecule has 6 nitrogen and oxygen atoms in total. The Bertz CT molecular complexity index is 1080.